The molecule has 0 aliphatic carbocycles. The molecule has 28 heavy (non-hydrogen) atoms. The predicted octanol–water partition coefficient (Wildman–Crippen LogP) is 3.68. The molecule has 1 aromatic heterocycles. The molecule has 1 atom stereocenters. The molecule has 0 bridgehead atoms. The van der Waals surface area contributed by atoms with Crippen molar-refractivity contribution in [3.8, 4) is 11.4 Å². The van der Waals surface area contributed by atoms with Crippen LogP contribution in [0.1, 0.15) is 29.8 Å². The molecule has 0 fully saturated rings. The van der Waals surface area contributed by atoms with Crippen molar-refractivity contribution in [3.63, 3.8) is 0 Å². The van der Waals surface area contributed by atoms with Gasteiger partial charge in [0.25, 0.3) is 0 Å². The van der Waals surface area contributed by atoms with E-state index in [1.807, 2.05) is 38.1 Å². The number of ether oxygens (including phenoxy) is 1. The lowest BCUT2D eigenvalue weighted by Gasteiger charge is -2.15. The zero-order valence-electron chi connectivity index (χ0n) is 15.8. The van der Waals surface area contributed by atoms with Gasteiger partial charge in [-0.2, -0.15) is 5.10 Å². The van der Waals surface area contributed by atoms with Crippen LogP contribution in [0.25, 0.3) is 5.69 Å². The van der Waals surface area contributed by atoms with Gasteiger partial charge in [-0.05, 0) is 43.7 Å². The second-order valence-corrected chi connectivity index (χ2v) is 6.51. The van der Waals surface area contributed by atoms with Crippen LogP contribution in [0.2, 0.25) is 0 Å². The van der Waals surface area contributed by atoms with E-state index in [2.05, 4.69) is 10.4 Å². The lowest BCUT2D eigenvalue weighted by Crippen LogP contribution is -2.18. The number of hydrogen-bond donors (Lipinski definition) is 2. The summed E-state index contributed by atoms with van der Waals surface area (Å²) in [4.78, 5) is 0. The Bertz CT molecular complexity index is 926. The standard InChI is InChI=1S/C21H23F2N3O2/c1-14(24-12-16-3-6-18(7-4-16)28-10-9-27)19-13-25-26(15(19)2)21-8-5-17(22)11-20(21)23/h3-8,11,13-14,24,27H,9-10,12H2,1-2H3. The van der Waals surface area contributed by atoms with Crippen molar-refractivity contribution in [2.75, 3.05) is 13.2 Å². The van der Waals surface area contributed by atoms with Crippen molar-refractivity contribution in [2.45, 2.75) is 26.4 Å². The molecule has 7 heteroatoms. The average Bonchev–Trinajstić information content (AvgIpc) is 3.06. The molecule has 0 spiro atoms. The summed E-state index contributed by atoms with van der Waals surface area (Å²) in [6, 6.07) is 11.1. The van der Waals surface area contributed by atoms with E-state index in [9.17, 15) is 8.78 Å². The first-order chi connectivity index (χ1) is 13.5. The summed E-state index contributed by atoms with van der Waals surface area (Å²) in [5, 5.41) is 16.5. The molecule has 2 N–H and O–H groups in total. The highest BCUT2D eigenvalue weighted by atomic mass is 19.1. The molecule has 1 heterocycles. The first kappa shape index (κ1) is 20.0. The van der Waals surface area contributed by atoms with Crippen molar-refractivity contribution in [1.82, 2.24) is 15.1 Å². The van der Waals surface area contributed by atoms with Crippen LogP contribution in [0.5, 0.6) is 5.75 Å². The highest BCUT2D eigenvalue weighted by Gasteiger charge is 2.16. The maximum absolute atomic E-state index is 14.1. The van der Waals surface area contributed by atoms with Crippen LogP contribution in [0.3, 0.4) is 0 Å². The largest absolute Gasteiger partial charge is 0.491 e. The lowest BCUT2D eigenvalue weighted by molar-refractivity contribution is 0.201. The van der Waals surface area contributed by atoms with Crippen molar-refractivity contribution in [2.24, 2.45) is 0 Å². The molecule has 2 aromatic carbocycles. The normalized spacial score (nSPS) is 12.2. The average molecular weight is 387 g/mol. The van der Waals surface area contributed by atoms with Crippen LogP contribution in [0, 0.1) is 18.6 Å². The van der Waals surface area contributed by atoms with Gasteiger partial charge >= 0.3 is 0 Å². The van der Waals surface area contributed by atoms with Crippen molar-refractivity contribution in [1.29, 1.82) is 0 Å². The van der Waals surface area contributed by atoms with Gasteiger partial charge in [-0.3, -0.25) is 0 Å². The Morgan fingerprint density at radius 1 is 1.18 bits per heavy atom. The molecular weight excluding hydrogens is 364 g/mol. The van der Waals surface area contributed by atoms with Gasteiger partial charge in [-0.1, -0.05) is 12.1 Å². The molecule has 148 valence electrons. The number of hydrogen-bond acceptors (Lipinski definition) is 4. The summed E-state index contributed by atoms with van der Waals surface area (Å²) in [5.41, 5.74) is 3.03. The summed E-state index contributed by atoms with van der Waals surface area (Å²) in [7, 11) is 0. The summed E-state index contributed by atoms with van der Waals surface area (Å²) >= 11 is 0. The summed E-state index contributed by atoms with van der Waals surface area (Å²) in [5.74, 6) is -0.555. The van der Waals surface area contributed by atoms with Gasteiger partial charge in [0.2, 0.25) is 0 Å². The Morgan fingerprint density at radius 2 is 1.93 bits per heavy atom. The molecule has 0 radical (unpaired) electrons. The smallest absolute Gasteiger partial charge is 0.151 e. The van der Waals surface area contributed by atoms with Gasteiger partial charge in [-0.25, -0.2) is 13.5 Å². The molecule has 1 unspecified atom stereocenters. The number of halogens is 2. The number of benzene rings is 2. The minimum Gasteiger partial charge on any atom is -0.491 e. The highest BCUT2D eigenvalue weighted by Crippen LogP contribution is 2.22. The van der Waals surface area contributed by atoms with Gasteiger partial charge in [0.05, 0.1) is 12.8 Å². The Balaban J connectivity index is 1.66. The second-order valence-electron chi connectivity index (χ2n) is 6.51. The molecule has 3 rings (SSSR count). The Morgan fingerprint density at radius 3 is 2.61 bits per heavy atom. The van der Waals surface area contributed by atoms with E-state index >= 15 is 0 Å². The third-order valence-electron chi connectivity index (χ3n) is 4.55. The number of rotatable bonds is 8. The number of aliphatic hydroxyl groups excluding tert-OH is 1. The molecule has 5 nitrogen and oxygen atoms in total. The molecule has 0 amide bonds. The number of nitrogens with zero attached hydrogens (tertiary/aromatic N) is 2. The summed E-state index contributed by atoms with van der Waals surface area (Å²) in [6.07, 6.45) is 1.70. The first-order valence-corrected chi connectivity index (χ1v) is 9.05. The Labute approximate surface area is 162 Å². The fourth-order valence-electron chi connectivity index (χ4n) is 2.99. The third-order valence-corrected chi connectivity index (χ3v) is 4.55. The van der Waals surface area contributed by atoms with E-state index in [-0.39, 0.29) is 24.9 Å². The SMILES string of the molecule is Cc1c(C(C)NCc2ccc(OCCO)cc2)cnn1-c1ccc(F)cc1F. The molecule has 0 aliphatic heterocycles. The topological polar surface area (TPSA) is 59.3 Å². The Kier molecular flexibility index (Phi) is 6.38. The number of aliphatic hydroxyl groups is 1. The molecular formula is C21H23F2N3O2. The van der Waals surface area contributed by atoms with Gasteiger partial charge in [0.1, 0.15) is 23.9 Å². The van der Waals surface area contributed by atoms with E-state index < -0.39 is 11.6 Å². The van der Waals surface area contributed by atoms with Gasteiger partial charge in [0, 0.05) is 29.9 Å². The second kappa shape index (κ2) is 8.95. The molecule has 0 aliphatic rings. The van der Waals surface area contributed by atoms with E-state index in [0.717, 1.165) is 22.9 Å². The fourth-order valence-corrected chi connectivity index (χ4v) is 2.99. The number of nitrogens with one attached hydrogen (secondary N) is 1. The predicted molar refractivity (Wildman–Crippen MR) is 102 cm³/mol. The quantitative estimate of drug-likeness (QED) is 0.619. The lowest BCUT2D eigenvalue weighted by atomic mass is 10.1. The zero-order chi connectivity index (χ0) is 20.1. The summed E-state index contributed by atoms with van der Waals surface area (Å²) < 4.78 is 34.0. The van der Waals surface area contributed by atoms with E-state index in [1.54, 1.807) is 6.20 Å². The number of aromatic nitrogens is 2. The van der Waals surface area contributed by atoms with Gasteiger partial charge < -0.3 is 15.2 Å². The zero-order valence-corrected chi connectivity index (χ0v) is 15.8. The van der Waals surface area contributed by atoms with Crippen LogP contribution >= 0.6 is 0 Å². The third kappa shape index (κ3) is 4.55. The van der Waals surface area contributed by atoms with Gasteiger partial charge in [0.15, 0.2) is 5.82 Å². The van der Waals surface area contributed by atoms with Crippen LogP contribution in [-0.4, -0.2) is 28.1 Å². The van der Waals surface area contributed by atoms with Crippen LogP contribution < -0.4 is 10.1 Å². The Hall–Kier alpha value is -2.77. The molecule has 3 aromatic rings. The fraction of sp³-hybridized carbons (Fsp3) is 0.286. The maximum atomic E-state index is 14.1. The van der Waals surface area contributed by atoms with Crippen LogP contribution in [0.4, 0.5) is 8.78 Å². The monoisotopic (exact) mass is 387 g/mol. The maximum Gasteiger partial charge on any atom is 0.151 e. The van der Waals surface area contributed by atoms with Crippen molar-refractivity contribution < 1.29 is 18.6 Å². The minimum atomic E-state index is -0.651. The highest BCUT2D eigenvalue weighted by molar-refractivity contribution is 5.37. The van der Waals surface area contributed by atoms with E-state index in [4.69, 9.17) is 9.84 Å². The van der Waals surface area contributed by atoms with Crippen LogP contribution in [0.15, 0.2) is 48.7 Å². The van der Waals surface area contributed by atoms with Gasteiger partial charge in [-0.15, -0.1) is 0 Å². The first-order valence-electron chi connectivity index (χ1n) is 9.05. The van der Waals surface area contributed by atoms with E-state index in [1.165, 1.54) is 16.8 Å². The minimum absolute atomic E-state index is 0.0115. The molecule has 0 saturated heterocycles. The summed E-state index contributed by atoms with van der Waals surface area (Å²) in [6.45, 7) is 4.75. The van der Waals surface area contributed by atoms with Crippen molar-refractivity contribution in [3.05, 3.63) is 77.1 Å². The van der Waals surface area contributed by atoms with E-state index in [0.29, 0.717) is 12.3 Å². The van der Waals surface area contributed by atoms with Crippen molar-refractivity contribution >= 4 is 0 Å². The van der Waals surface area contributed by atoms with Crippen LogP contribution in [-0.2, 0) is 6.54 Å². The molecule has 0 saturated carbocycles.